The number of rotatable bonds is 11. The number of ether oxygens (including phenoxy) is 2. The number of aliphatic hydroxyl groups excluding tert-OH is 1. The molecule has 0 heterocycles. The Bertz CT molecular complexity index is 1180. The molecule has 0 aliphatic rings. The molecule has 0 bridgehead atoms. The van der Waals surface area contributed by atoms with Crippen LogP contribution in [0.15, 0.2) is 42.5 Å². The minimum Gasteiger partial charge on any atom is -0.497 e. The van der Waals surface area contributed by atoms with E-state index in [0.717, 1.165) is 16.0 Å². The highest BCUT2D eigenvalue weighted by atomic mass is 16.6. The number of nitrogens with two attached hydrogens (primary N) is 1. The number of nitrogens with one attached hydrogen (secondary N) is 2. The first-order valence-electron chi connectivity index (χ1n) is 12.5. The van der Waals surface area contributed by atoms with Crippen LogP contribution in [0.25, 0.3) is 0 Å². The van der Waals surface area contributed by atoms with Gasteiger partial charge in [-0.3, -0.25) is 14.4 Å². The molecule has 2 atom stereocenters. The molecule has 0 aliphatic carbocycles. The van der Waals surface area contributed by atoms with E-state index in [4.69, 9.17) is 15.2 Å². The summed E-state index contributed by atoms with van der Waals surface area (Å²) in [6.45, 7) is 7.97. The molecule has 0 radical (unpaired) electrons. The Morgan fingerprint density at radius 1 is 1.03 bits per heavy atom. The number of aryl methyl sites for hydroxylation is 2. The molecule has 11 nitrogen and oxygen atoms in total. The van der Waals surface area contributed by atoms with Crippen LogP contribution >= 0.6 is 0 Å². The normalized spacial score (nSPS) is 12.6. The van der Waals surface area contributed by atoms with Crippen molar-refractivity contribution in [3.63, 3.8) is 0 Å². The first-order chi connectivity index (χ1) is 18.2. The third-order valence-corrected chi connectivity index (χ3v) is 5.78. The summed E-state index contributed by atoms with van der Waals surface area (Å²) < 4.78 is 10.4. The lowest BCUT2D eigenvalue weighted by molar-refractivity contribution is -0.142. The first-order valence-corrected chi connectivity index (χ1v) is 12.5. The predicted molar refractivity (Wildman–Crippen MR) is 146 cm³/mol. The van der Waals surface area contributed by atoms with Crippen LogP contribution in [0.3, 0.4) is 0 Å². The highest BCUT2D eigenvalue weighted by Gasteiger charge is 2.37. The van der Waals surface area contributed by atoms with E-state index in [0.29, 0.717) is 17.0 Å². The van der Waals surface area contributed by atoms with E-state index < -0.39 is 54.5 Å². The minimum atomic E-state index is -1.44. The monoisotopic (exact) mass is 542 g/mol. The largest absolute Gasteiger partial charge is 0.497 e. The molecule has 2 aromatic carbocycles. The summed E-state index contributed by atoms with van der Waals surface area (Å²) >= 11 is 0. The van der Waals surface area contributed by atoms with Gasteiger partial charge >= 0.3 is 6.09 Å². The second kappa shape index (κ2) is 13.6. The van der Waals surface area contributed by atoms with Crippen molar-refractivity contribution in [3.05, 3.63) is 59.2 Å². The van der Waals surface area contributed by atoms with Gasteiger partial charge in [0.2, 0.25) is 11.8 Å². The van der Waals surface area contributed by atoms with E-state index in [9.17, 15) is 24.3 Å². The van der Waals surface area contributed by atoms with E-state index in [1.54, 1.807) is 57.2 Å². The Morgan fingerprint density at radius 3 is 2.18 bits per heavy atom. The summed E-state index contributed by atoms with van der Waals surface area (Å²) in [5.41, 5.74) is 7.29. The summed E-state index contributed by atoms with van der Waals surface area (Å²) in [5, 5.41) is 15.1. The Hall–Kier alpha value is -4.12. The lowest BCUT2D eigenvalue weighted by Gasteiger charge is -2.34. The molecule has 11 heteroatoms. The maximum Gasteiger partial charge on any atom is 0.408 e. The zero-order valence-corrected chi connectivity index (χ0v) is 23.2. The van der Waals surface area contributed by atoms with E-state index in [-0.39, 0.29) is 6.54 Å². The number of carbonyl (C=O) groups is 4. The maximum atomic E-state index is 13.8. The van der Waals surface area contributed by atoms with Crippen molar-refractivity contribution < 1.29 is 33.8 Å². The van der Waals surface area contributed by atoms with Crippen LogP contribution in [-0.4, -0.2) is 65.7 Å². The number of nitrogens with zero attached hydrogens (tertiary/aromatic N) is 1. The molecule has 4 amide bonds. The van der Waals surface area contributed by atoms with Gasteiger partial charge < -0.3 is 35.8 Å². The third kappa shape index (κ3) is 9.29. The minimum absolute atomic E-state index is 0.266. The van der Waals surface area contributed by atoms with Crippen molar-refractivity contribution in [1.82, 2.24) is 10.2 Å². The zero-order chi connectivity index (χ0) is 29.3. The number of amides is 4. The summed E-state index contributed by atoms with van der Waals surface area (Å²) in [7, 11) is 1.52. The lowest BCUT2D eigenvalue weighted by Crippen LogP contribution is -2.54. The maximum absolute atomic E-state index is 13.8. The van der Waals surface area contributed by atoms with Gasteiger partial charge in [-0.25, -0.2) is 4.79 Å². The van der Waals surface area contributed by atoms with Crippen molar-refractivity contribution in [2.75, 3.05) is 25.6 Å². The fourth-order valence-corrected chi connectivity index (χ4v) is 3.82. The van der Waals surface area contributed by atoms with E-state index in [2.05, 4.69) is 10.6 Å². The number of alkyl carbamates (subject to hydrolysis) is 1. The number of primary amides is 1. The van der Waals surface area contributed by atoms with Gasteiger partial charge in [-0.1, -0.05) is 18.2 Å². The number of hydrogen-bond acceptors (Lipinski definition) is 7. The molecule has 39 heavy (non-hydrogen) atoms. The molecule has 2 rings (SSSR count). The molecule has 0 aromatic heterocycles. The number of aliphatic hydroxyl groups is 1. The Kier molecular flexibility index (Phi) is 10.9. The van der Waals surface area contributed by atoms with Crippen LogP contribution in [0, 0.1) is 13.8 Å². The smallest absolute Gasteiger partial charge is 0.408 e. The molecule has 212 valence electrons. The van der Waals surface area contributed by atoms with E-state index in [1.165, 1.54) is 7.11 Å². The molecule has 0 aliphatic heterocycles. The molecule has 0 fully saturated rings. The molecule has 0 saturated carbocycles. The van der Waals surface area contributed by atoms with Gasteiger partial charge in [0.15, 0.2) is 0 Å². The van der Waals surface area contributed by atoms with Gasteiger partial charge in [-0.2, -0.15) is 0 Å². The number of hydrogen-bond donors (Lipinski definition) is 4. The van der Waals surface area contributed by atoms with Crippen LogP contribution < -0.4 is 21.1 Å². The predicted octanol–water partition coefficient (Wildman–Crippen LogP) is 2.58. The van der Waals surface area contributed by atoms with Gasteiger partial charge in [-0.15, -0.1) is 0 Å². The lowest BCUT2D eigenvalue weighted by atomic mass is 9.98. The molecule has 0 spiro atoms. The van der Waals surface area contributed by atoms with Gasteiger partial charge in [0.05, 0.1) is 20.1 Å². The summed E-state index contributed by atoms with van der Waals surface area (Å²) in [6.07, 6.45) is -1.48. The summed E-state index contributed by atoms with van der Waals surface area (Å²) in [4.78, 5) is 53.0. The Balaban J connectivity index is 2.52. The molecule has 2 aromatic rings. The second-order valence-corrected chi connectivity index (χ2v) is 10.1. The highest BCUT2D eigenvalue weighted by Crippen LogP contribution is 2.27. The van der Waals surface area contributed by atoms with Crippen LogP contribution in [0.5, 0.6) is 5.75 Å². The third-order valence-electron chi connectivity index (χ3n) is 5.78. The van der Waals surface area contributed by atoms with E-state index in [1.807, 2.05) is 19.9 Å². The standard InChI is InChI=1S/C28H38N4O7/c1-17-7-8-19(15-18(17)2)24(25(35)30-20-9-11-21(38-6)12-10-20)32(13-14-33)26(36)22(16-23(29)34)31-27(37)39-28(3,4)5/h7-12,15,22,24,33H,13-14,16H2,1-6H3,(H2,29,34)(H,30,35)(H,31,37). The summed E-state index contributed by atoms with van der Waals surface area (Å²) in [6, 6.07) is 9.28. The van der Waals surface area contributed by atoms with Crippen molar-refractivity contribution in [3.8, 4) is 5.75 Å². The molecular formula is C28H38N4O7. The Morgan fingerprint density at radius 2 is 1.67 bits per heavy atom. The van der Waals surface area contributed by atoms with E-state index >= 15 is 0 Å². The average Bonchev–Trinajstić information content (AvgIpc) is 2.84. The van der Waals surface area contributed by atoms with Crippen molar-refractivity contribution in [1.29, 1.82) is 0 Å². The topological polar surface area (TPSA) is 160 Å². The van der Waals surface area contributed by atoms with Crippen molar-refractivity contribution in [2.45, 2.75) is 58.7 Å². The average molecular weight is 543 g/mol. The number of anilines is 1. The first kappa shape index (κ1) is 31.1. The fourth-order valence-electron chi connectivity index (χ4n) is 3.82. The highest BCUT2D eigenvalue weighted by molar-refractivity contribution is 5.99. The molecule has 0 saturated heterocycles. The molecule has 2 unspecified atom stereocenters. The SMILES string of the molecule is COc1ccc(NC(=O)C(c2ccc(C)c(C)c2)N(CCO)C(=O)C(CC(N)=O)NC(=O)OC(C)(C)C)cc1. The quantitative estimate of drug-likeness (QED) is 0.339. The fraction of sp³-hybridized carbons (Fsp3) is 0.429. The van der Waals surface area contributed by atoms with Crippen LogP contribution in [0.1, 0.15) is 49.9 Å². The van der Waals surface area contributed by atoms with Crippen molar-refractivity contribution in [2.24, 2.45) is 5.73 Å². The van der Waals surface area contributed by atoms with Crippen LogP contribution in [0.2, 0.25) is 0 Å². The van der Waals surface area contributed by atoms with Gasteiger partial charge in [-0.05, 0) is 75.6 Å². The number of carbonyl (C=O) groups excluding carboxylic acids is 4. The van der Waals surface area contributed by atoms with Gasteiger partial charge in [0.25, 0.3) is 5.91 Å². The number of benzene rings is 2. The van der Waals surface area contributed by atoms with Gasteiger partial charge in [0, 0.05) is 12.2 Å². The zero-order valence-electron chi connectivity index (χ0n) is 23.2. The number of methoxy groups -OCH3 is 1. The van der Waals surface area contributed by atoms with Gasteiger partial charge in [0.1, 0.15) is 23.4 Å². The Labute approximate surface area is 228 Å². The summed E-state index contributed by atoms with van der Waals surface area (Å²) in [5.74, 6) is -1.61. The van der Waals surface area contributed by atoms with Crippen LogP contribution in [-0.2, 0) is 19.1 Å². The van der Waals surface area contributed by atoms with Crippen molar-refractivity contribution >= 4 is 29.5 Å². The molecule has 5 N–H and O–H groups in total. The van der Waals surface area contributed by atoms with Crippen LogP contribution in [0.4, 0.5) is 10.5 Å². The molecular weight excluding hydrogens is 504 g/mol. The second-order valence-electron chi connectivity index (χ2n) is 10.1.